The number of benzene rings is 1. The molecule has 3 aliphatic heterocycles. The first-order valence-electron chi connectivity index (χ1n) is 9.02. The highest BCUT2D eigenvalue weighted by atomic mass is 32.1. The minimum atomic E-state index is -0.238. The number of rotatable bonds is 3. The first-order valence-corrected chi connectivity index (χ1v) is 9.43. The summed E-state index contributed by atoms with van der Waals surface area (Å²) in [7, 11) is 0. The van der Waals surface area contributed by atoms with Crippen molar-refractivity contribution in [1.82, 2.24) is 15.1 Å². The molecule has 1 aromatic rings. The lowest BCUT2D eigenvalue weighted by Gasteiger charge is -2.37. The summed E-state index contributed by atoms with van der Waals surface area (Å²) in [6.45, 7) is 4.46. The molecule has 0 bridgehead atoms. The number of carbonyl (C=O) groups is 1. The highest BCUT2D eigenvalue weighted by Crippen LogP contribution is 2.32. The molecule has 0 aliphatic carbocycles. The van der Waals surface area contributed by atoms with Crippen LogP contribution in [-0.2, 0) is 16.1 Å². The third-order valence-corrected chi connectivity index (χ3v) is 5.37. The van der Waals surface area contributed by atoms with Gasteiger partial charge in [0.25, 0.3) is 5.91 Å². The molecule has 0 saturated carbocycles. The molecule has 26 heavy (non-hydrogen) atoms. The number of carbonyl (C=O) groups excluding carboxylic acids is 1. The van der Waals surface area contributed by atoms with Gasteiger partial charge in [0.15, 0.2) is 16.6 Å². The predicted octanol–water partition coefficient (Wildman–Crippen LogP) is 1.11. The van der Waals surface area contributed by atoms with E-state index in [-0.39, 0.29) is 18.8 Å². The van der Waals surface area contributed by atoms with Crippen LogP contribution in [-0.4, -0.2) is 66.5 Å². The van der Waals surface area contributed by atoms with Crippen LogP contribution in [0.1, 0.15) is 18.4 Å². The molecule has 2 saturated heterocycles. The van der Waals surface area contributed by atoms with Gasteiger partial charge in [-0.1, -0.05) is 6.07 Å². The third-order valence-electron chi connectivity index (χ3n) is 4.96. The average molecular weight is 377 g/mol. The fourth-order valence-corrected chi connectivity index (χ4v) is 3.70. The van der Waals surface area contributed by atoms with Gasteiger partial charge < -0.3 is 29.3 Å². The second kappa shape index (κ2) is 7.67. The van der Waals surface area contributed by atoms with Gasteiger partial charge in [-0.3, -0.25) is 4.79 Å². The number of hydrogen-bond acceptors (Lipinski definition) is 5. The van der Waals surface area contributed by atoms with Gasteiger partial charge >= 0.3 is 0 Å². The van der Waals surface area contributed by atoms with E-state index in [1.807, 2.05) is 23.1 Å². The van der Waals surface area contributed by atoms with Crippen molar-refractivity contribution >= 4 is 23.2 Å². The summed E-state index contributed by atoms with van der Waals surface area (Å²) >= 11 is 5.51. The van der Waals surface area contributed by atoms with Gasteiger partial charge in [0.2, 0.25) is 6.79 Å². The van der Waals surface area contributed by atoms with Crippen molar-refractivity contribution in [2.45, 2.75) is 25.5 Å². The maximum Gasteiger partial charge on any atom is 0.251 e. The first-order chi connectivity index (χ1) is 12.7. The van der Waals surface area contributed by atoms with Crippen molar-refractivity contribution in [3.63, 3.8) is 0 Å². The molecule has 1 N–H and O–H groups in total. The second-order valence-corrected chi connectivity index (χ2v) is 7.05. The molecule has 1 aromatic carbocycles. The maximum atomic E-state index is 12.4. The van der Waals surface area contributed by atoms with E-state index >= 15 is 0 Å². The molecule has 8 heteroatoms. The number of ether oxygens (including phenoxy) is 3. The van der Waals surface area contributed by atoms with E-state index in [2.05, 4.69) is 10.2 Å². The van der Waals surface area contributed by atoms with Crippen molar-refractivity contribution in [3.05, 3.63) is 23.8 Å². The number of nitrogens with one attached hydrogen (secondary N) is 1. The van der Waals surface area contributed by atoms with E-state index in [1.165, 1.54) is 0 Å². The molecule has 0 unspecified atom stereocenters. The Hall–Kier alpha value is -2.06. The van der Waals surface area contributed by atoms with Crippen LogP contribution in [0.2, 0.25) is 0 Å². The summed E-state index contributed by atoms with van der Waals surface area (Å²) in [6.07, 6.45) is 1.58. The molecule has 0 aromatic heterocycles. The molecular weight excluding hydrogens is 354 g/mol. The van der Waals surface area contributed by atoms with Crippen molar-refractivity contribution in [1.29, 1.82) is 0 Å². The Morgan fingerprint density at radius 3 is 2.69 bits per heavy atom. The zero-order valence-corrected chi connectivity index (χ0v) is 15.4. The summed E-state index contributed by atoms with van der Waals surface area (Å²) in [6, 6.07) is 5.88. The number of thiocarbonyl (C=S) groups is 1. The zero-order chi connectivity index (χ0) is 17.9. The molecule has 1 amide bonds. The van der Waals surface area contributed by atoms with E-state index < -0.39 is 0 Å². The maximum absolute atomic E-state index is 12.4. The minimum absolute atomic E-state index is 0.126. The normalized spacial score (nSPS) is 21.8. The molecule has 7 nitrogen and oxygen atoms in total. The average Bonchev–Trinajstić information content (AvgIpc) is 3.37. The SMILES string of the molecule is O=C([C@H]1CCCO1)N1CCN(C(=S)NCc2ccc3c(c2)OCO3)CC1. The standard InChI is InChI=1S/C18H23N3O4S/c22-17(15-2-1-9-23-15)20-5-7-21(8-6-20)18(26)19-11-13-3-4-14-16(10-13)25-12-24-14/h3-4,10,15H,1-2,5-9,11-12H2,(H,19,26)/t15-/m1/s1. The molecule has 3 heterocycles. The van der Waals surface area contributed by atoms with E-state index in [0.29, 0.717) is 31.4 Å². The third kappa shape index (κ3) is 3.71. The van der Waals surface area contributed by atoms with Crippen LogP contribution in [0.4, 0.5) is 0 Å². The van der Waals surface area contributed by atoms with Crippen LogP contribution in [0, 0.1) is 0 Å². The van der Waals surface area contributed by atoms with E-state index in [4.69, 9.17) is 26.4 Å². The van der Waals surface area contributed by atoms with E-state index in [1.54, 1.807) is 0 Å². The molecule has 140 valence electrons. The summed E-state index contributed by atoms with van der Waals surface area (Å²) in [5.74, 6) is 1.68. The zero-order valence-electron chi connectivity index (χ0n) is 14.6. The van der Waals surface area contributed by atoms with Gasteiger partial charge in [-0.2, -0.15) is 0 Å². The van der Waals surface area contributed by atoms with Crippen LogP contribution in [0.3, 0.4) is 0 Å². The van der Waals surface area contributed by atoms with Crippen LogP contribution >= 0.6 is 12.2 Å². The van der Waals surface area contributed by atoms with Crippen molar-refractivity contribution < 1.29 is 19.0 Å². The van der Waals surface area contributed by atoms with E-state index in [9.17, 15) is 4.79 Å². The van der Waals surface area contributed by atoms with Gasteiger partial charge in [0.1, 0.15) is 6.10 Å². The number of fused-ring (bicyclic) bond motifs is 1. The van der Waals surface area contributed by atoms with Crippen LogP contribution in [0.5, 0.6) is 11.5 Å². The first kappa shape index (κ1) is 17.4. The number of hydrogen-bond donors (Lipinski definition) is 1. The lowest BCUT2D eigenvalue weighted by atomic mass is 10.2. The fraction of sp³-hybridized carbons (Fsp3) is 0.556. The second-order valence-electron chi connectivity index (χ2n) is 6.66. The fourth-order valence-electron chi connectivity index (χ4n) is 3.45. The highest BCUT2D eigenvalue weighted by Gasteiger charge is 2.30. The van der Waals surface area contributed by atoms with Gasteiger partial charge in [0.05, 0.1) is 0 Å². The lowest BCUT2D eigenvalue weighted by molar-refractivity contribution is -0.142. The van der Waals surface area contributed by atoms with Crippen molar-refractivity contribution in [2.75, 3.05) is 39.6 Å². The highest BCUT2D eigenvalue weighted by molar-refractivity contribution is 7.80. The van der Waals surface area contributed by atoms with Gasteiger partial charge in [-0.05, 0) is 42.8 Å². The Morgan fingerprint density at radius 1 is 1.15 bits per heavy atom. The topological polar surface area (TPSA) is 63.3 Å². The molecule has 1 atom stereocenters. The number of piperazine rings is 1. The van der Waals surface area contributed by atoms with Gasteiger partial charge in [-0.25, -0.2) is 0 Å². The Labute approximate surface area is 158 Å². The molecular formula is C18H23N3O4S. The number of nitrogens with zero attached hydrogens (tertiary/aromatic N) is 2. The van der Waals surface area contributed by atoms with E-state index in [0.717, 1.165) is 43.0 Å². The Morgan fingerprint density at radius 2 is 1.92 bits per heavy atom. The monoisotopic (exact) mass is 377 g/mol. The van der Waals surface area contributed by atoms with Crippen LogP contribution in [0.15, 0.2) is 18.2 Å². The quantitative estimate of drug-likeness (QED) is 0.792. The Kier molecular flexibility index (Phi) is 5.12. The van der Waals surface area contributed by atoms with Crippen molar-refractivity contribution in [3.8, 4) is 11.5 Å². The minimum Gasteiger partial charge on any atom is -0.454 e. The molecule has 0 spiro atoms. The molecule has 0 radical (unpaired) electrons. The van der Waals surface area contributed by atoms with Crippen LogP contribution < -0.4 is 14.8 Å². The Bertz CT molecular complexity index is 685. The molecule has 2 fully saturated rings. The number of amides is 1. The van der Waals surface area contributed by atoms with Crippen LogP contribution in [0.25, 0.3) is 0 Å². The van der Waals surface area contributed by atoms with Gasteiger partial charge in [-0.15, -0.1) is 0 Å². The predicted molar refractivity (Wildman–Crippen MR) is 99.1 cm³/mol. The largest absolute Gasteiger partial charge is 0.454 e. The summed E-state index contributed by atoms with van der Waals surface area (Å²) in [5, 5.41) is 4.01. The van der Waals surface area contributed by atoms with Crippen molar-refractivity contribution in [2.24, 2.45) is 0 Å². The Balaban J connectivity index is 1.24. The lowest BCUT2D eigenvalue weighted by Crippen LogP contribution is -2.54. The summed E-state index contributed by atoms with van der Waals surface area (Å²) < 4.78 is 16.2. The summed E-state index contributed by atoms with van der Waals surface area (Å²) in [5.41, 5.74) is 1.09. The summed E-state index contributed by atoms with van der Waals surface area (Å²) in [4.78, 5) is 16.4. The van der Waals surface area contributed by atoms with Gasteiger partial charge in [0, 0.05) is 39.3 Å². The molecule has 4 rings (SSSR count). The smallest absolute Gasteiger partial charge is 0.251 e. The molecule has 3 aliphatic rings.